The number of aliphatic hydroxyl groups is 2. The number of nitrogens with zero attached hydrogens (tertiary/aromatic N) is 1. The summed E-state index contributed by atoms with van der Waals surface area (Å²) in [6, 6.07) is 41.5. The summed E-state index contributed by atoms with van der Waals surface area (Å²) in [6.07, 6.45) is 0.296. The highest BCUT2D eigenvalue weighted by Gasteiger charge is 2.41. The molecule has 4 atom stereocenters. The number of likely N-dealkylation sites (tertiary alicyclic amines) is 1. The molecule has 2 fully saturated rings. The zero-order valence-electron chi connectivity index (χ0n) is 30.5. The Morgan fingerprint density at radius 3 is 2.13 bits per heavy atom. The highest BCUT2D eigenvalue weighted by atomic mass is 35.5. The Morgan fingerprint density at radius 1 is 0.778 bits per heavy atom. The number of hydrogen-bond acceptors (Lipinski definition) is 6. The number of aliphatic hydroxyl groups excluding tert-OH is 1. The number of carbonyl (C=O) groups is 1. The van der Waals surface area contributed by atoms with Crippen LogP contribution in [0.4, 0.5) is 4.79 Å². The molecule has 5 aromatic rings. The molecular formula is C45H48ClN3O5. The normalized spacial score (nSPS) is 21.3. The molecule has 2 aliphatic heterocycles. The van der Waals surface area contributed by atoms with Crippen molar-refractivity contribution in [2.75, 3.05) is 19.6 Å². The van der Waals surface area contributed by atoms with Gasteiger partial charge in [-0.1, -0.05) is 134 Å². The van der Waals surface area contributed by atoms with E-state index in [1.165, 1.54) is 0 Å². The van der Waals surface area contributed by atoms with Crippen molar-refractivity contribution < 1.29 is 24.5 Å². The zero-order valence-corrected chi connectivity index (χ0v) is 31.3. The summed E-state index contributed by atoms with van der Waals surface area (Å²) in [5, 5.41) is 27.8. The zero-order chi connectivity index (χ0) is 37.5. The van der Waals surface area contributed by atoms with Gasteiger partial charge in [0.2, 0.25) is 0 Å². The smallest absolute Gasteiger partial charge is 0.315 e. The highest BCUT2D eigenvalue weighted by Crippen LogP contribution is 2.43. The number of halogens is 1. The summed E-state index contributed by atoms with van der Waals surface area (Å²) < 4.78 is 13.5. The van der Waals surface area contributed by atoms with E-state index in [1.54, 1.807) is 0 Å². The van der Waals surface area contributed by atoms with Crippen LogP contribution in [0.15, 0.2) is 127 Å². The topological polar surface area (TPSA) is 103 Å². The minimum absolute atomic E-state index is 0.0138. The Balaban J connectivity index is 1.04. The number of rotatable bonds is 11. The minimum atomic E-state index is -0.881. The molecule has 0 radical (unpaired) electrons. The van der Waals surface area contributed by atoms with Gasteiger partial charge in [-0.05, 0) is 63.9 Å². The van der Waals surface area contributed by atoms with Crippen LogP contribution in [0, 0.1) is 5.92 Å². The van der Waals surface area contributed by atoms with Crippen LogP contribution in [-0.4, -0.2) is 46.9 Å². The van der Waals surface area contributed by atoms with Gasteiger partial charge in [0.05, 0.1) is 24.4 Å². The van der Waals surface area contributed by atoms with Crippen molar-refractivity contribution in [3.8, 4) is 11.1 Å². The van der Waals surface area contributed by atoms with Gasteiger partial charge in [0.1, 0.15) is 0 Å². The van der Waals surface area contributed by atoms with Gasteiger partial charge in [0.25, 0.3) is 0 Å². The molecule has 54 heavy (non-hydrogen) atoms. The van der Waals surface area contributed by atoms with E-state index in [2.05, 4.69) is 52.8 Å². The van der Waals surface area contributed by atoms with Crippen molar-refractivity contribution in [1.29, 1.82) is 0 Å². The molecule has 2 saturated heterocycles. The first-order chi connectivity index (χ1) is 26.3. The van der Waals surface area contributed by atoms with Crippen LogP contribution in [-0.2, 0) is 34.8 Å². The second-order valence-electron chi connectivity index (χ2n) is 14.5. The SMILES string of the molecule is C[C@H]1[C@@H](CN2CCC(O)(c3ccc(Cl)cc3)CC2)O[C@@H](c2ccc(-c3ccccc3CNC(=O)NCc3ccccc3)cc2)O[C@H]1c1ccc(CO)cc1. The van der Waals surface area contributed by atoms with Gasteiger partial charge in [-0.15, -0.1) is 0 Å². The molecule has 2 aliphatic rings. The summed E-state index contributed by atoms with van der Waals surface area (Å²) in [5.74, 6) is 0.0434. The third-order valence-corrected chi connectivity index (χ3v) is 11.1. The summed E-state index contributed by atoms with van der Waals surface area (Å²) in [4.78, 5) is 15.0. The number of ether oxygens (including phenoxy) is 2. The number of carbonyl (C=O) groups excluding carboxylic acids is 1. The third kappa shape index (κ3) is 9.04. The fraction of sp³-hybridized carbons (Fsp3) is 0.311. The van der Waals surface area contributed by atoms with Crippen LogP contribution >= 0.6 is 11.6 Å². The van der Waals surface area contributed by atoms with Crippen molar-refractivity contribution in [1.82, 2.24) is 15.5 Å². The van der Waals surface area contributed by atoms with Gasteiger partial charge in [-0.25, -0.2) is 4.79 Å². The van der Waals surface area contributed by atoms with Crippen LogP contribution in [0.5, 0.6) is 0 Å². The molecule has 0 saturated carbocycles. The lowest BCUT2D eigenvalue weighted by molar-refractivity contribution is -0.277. The Morgan fingerprint density at radius 2 is 1.43 bits per heavy atom. The van der Waals surface area contributed by atoms with E-state index in [0.717, 1.165) is 57.6 Å². The van der Waals surface area contributed by atoms with Crippen molar-refractivity contribution in [3.63, 3.8) is 0 Å². The standard InChI is InChI=1S/C45H48ClN3O5/c1-31-41(29-49-25-23-45(52,24-26-49)38-19-21-39(46)22-20-38)53-43(54-42(31)35-13-11-33(30-50)12-14-35)36-17-15-34(16-18-36)40-10-6-5-9-37(40)28-48-44(51)47-27-32-7-3-2-4-8-32/h2-22,31,41-43,50,52H,23-30H2,1H3,(H2,47,48,51)/t31-,41+,42+,43+/m0/s1. The van der Waals surface area contributed by atoms with Crippen LogP contribution in [0.2, 0.25) is 5.02 Å². The molecule has 2 heterocycles. The molecule has 4 N–H and O–H groups in total. The largest absolute Gasteiger partial charge is 0.392 e. The van der Waals surface area contributed by atoms with E-state index in [0.29, 0.717) is 37.5 Å². The van der Waals surface area contributed by atoms with Crippen LogP contribution in [0.1, 0.15) is 65.5 Å². The minimum Gasteiger partial charge on any atom is -0.392 e. The average Bonchev–Trinajstić information content (AvgIpc) is 3.22. The average molecular weight is 746 g/mol. The molecule has 0 aliphatic carbocycles. The van der Waals surface area contributed by atoms with Crippen molar-refractivity contribution >= 4 is 17.6 Å². The number of nitrogens with one attached hydrogen (secondary N) is 2. The van der Waals surface area contributed by atoms with E-state index in [1.807, 2.05) is 97.1 Å². The molecule has 7 rings (SSSR count). The molecule has 8 nitrogen and oxygen atoms in total. The van der Waals surface area contributed by atoms with E-state index in [-0.39, 0.29) is 30.8 Å². The number of benzene rings is 5. The molecule has 5 aromatic carbocycles. The molecule has 0 aromatic heterocycles. The molecule has 280 valence electrons. The number of piperidine rings is 1. The number of amides is 2. The predicted octanol–water partition coefficient (Wildman–Crippen LogP) is 8.27. The molecule has 9 heteroatoms. The maximum atomic E-state index is 12.6. The van der Waals surface area contributed by atoms with Gasteiger partial charge >= 0.3 is 6.03 Å². The fourth-order valence-corrected chi connectivity index (χ4v) is 7.65. The van der Waals surface area contributed by atoms with Gasteiger partial charge in [0.15, 0.2) is 6.29 Å². The number of hydrogen-bond donors (Lipinski definition) is 4. The summed E-state index contributed by atoms with van der Waals surface area (Å²) in [7, 11) is 0. The lowest BCUT2D eigenvalue weighted by Crippen LogP contribution is -2.49. The lowest BCUT2D eigenvalue weighted by atomic mass is 9.84. The highest BCUT2D eigenvalue weighted by molar-refractivity contribution is 6.30. The first-order valence-corrected chi connectivity index (χ1v) is 19.1. The van der Waals surface area contributed by atoms with Crippen molar-refractivity contribution in [3.05, 3.63) is 166 Å². The van der Waals surface area contributed by atoms with E-state index >= 15 is 0 Å². The molecule has 0 bridgehead atoms. The van der Waals surface area contributed by atoms with Gasteiger partial charge < -0.3 is 35.2 Å². The molecule has 0 spiro atoms. The van der Waals surface area contributed by atoms with Crippen molar-refractivity contribution in [2.24, 2.45) is 5.92 Å². The Bertz CT molecular complexity index is 1970. The maximum absolute atomic E-state index is 12.6. The monoisotopic (exact) mass is 745 g/mol. The molecule has 2 amide bonds. The Kier molecular flexibility index (Phi) is 12.1. The van der Waals surface area contributed by atoms with Crippen molar-refractivity contribution in [2.45, 2.75) is 63.6 Å². The summed E-state index contributed by atoms with van der Waals surface area (Å²) in [6.45, 7) is 5.20. The second kappa shape index (κ2) is 17.3. The van der Waals surface area contributed by atoms with Gasteiger partial charge in [-0.3, -0.25) is 0 Å². The van der Waals surface area contributed by atoms with E-state index in [4.69, 9.17) is 21.1 Å². The summed E-state index contributed by atoms with van der Waals surface area (Å²) in [5.41, 5.74) is 6.95. The maximum Gasteiger partial charge on any atom is 0.315 e. The molecule has 0 unspecified atom stereocenters. The quantitative estimate of drug-likeness (QED) is 0.109. The van der Waals surface area contributed by atoms with Gasteiger partial charge in [0, 0.05) is 49.2 Å². The predicted molar refractivity (Wildman–Crippen MR) is 211 cm³/mol. The van der Waals surface area contributed by atoms with E-state index in [9.17, 15) is 15.0 Å². The van der Waals surface area contributed by atoms with Crippen LogP contribution in [0.3, 0.4) is 0 Å². The first kappa shape index (κ1) is 37.8. The third-order valence-electron chi connectivity index (χ3n) is 10.9. The van der Waals surface area contributed by atoms with Crippen LogP contribution in [0.25, 0.3) is 11.1 Å². The Hall–Kier alpha value is -4.54. The lowest BCUT2D eigenvalue weighted by Gasteiger charge is -2.45. The van der Waals surface area contributed by atoms with Crippen LogP contribution < -0.4 is 10.6 Å². The number of urea groups is 1. The summed E-state index contributed by atoms with van der Waals surface area (Å²) >= 11 is 6.12. The second-order valence-corrected chi connectivity index (χ2v) is 14.9. The van der Waals surface area contributed by atoms with Gasteiger partial charge in [-0.2, -0.15) is 0 Å². The first-order valence-electron chi connectivity index (χ1n) is 18.7. The van der Waals surface area contributed by atoms with E-state index < -0.39 is 11.9 Å². The fourth-order valence-electron chi connectivity index (χ4n) is 7.53. The molecular weight excluding hydrogens is 698 g/mol. The Labute approximate surface area is 322 Å².